The molecule has 2 heterocycles. The van der Waals surface area contributed by atoms with E-state index in [9.17, 15) is 5.11 Å². The van der Waals surface area contributed by atoms with Crippen molar-refractivity contribution in [2.75, 3.05) is 5.75 Å². The van der Waals surface area contributed by atoms with Crippen molar-refractivity contribution in [1.82, 2.24) is 9.78 Å². The van der Waals surface area contributed by atoms with Crippen LogP contribution in [0.1, 0.15) is 25.3 Å². The number of aliphatic hydroxyl groups is 1. The van der Waals surface area contributed by atoms with E-state index in [1.54, 1.807) is 0 Å². The molecule has 0 aromatic carbocycles. The number of hydrogen-bond acceptors (Lipinski definition) is 3. The number of aliphatic hydroxyl groups excluding tert-OH is 1. The highest BCUT2D eigenvalue weighted by molar-refractivity contribution is 8.00. The van der Waals surface area contributed by atoms with Gasteiger partial charge in [-0.3, -0.25) is 4.68 Å². The van der Waals surface area contributed by atoms with Crippen LogP contribution >= 0.6 is 11.8 Å². The van der Waals surface area contributed by atoms with Crippen molar-refractivity contribution in [2.24, 2.45) is 0 Å². The molecule has 2 rings (SSSR count). The normalized spacial score (nSPS) is 23.2. The third-order valence-electron chi connectivity index (χ3n) is 2.85. The summed E-state index contributed by atoms with van der Waals surface area (Å²) in [6.07, 6.45) is 6.85. The summed E-state index contributed by atoms with van der Waals surface area (Å²) in [4.78, 5) is 0. The number of aromatic nitrogens is 2. The molecule has 1 aromatic rings. The molecule has 1 fully saturated rings. The Labute approximate surface area is 94.9 Å². The Kier molecular flexibility index (Phi) is 3.70. The minimum Gasteiger partial charge on any atom is -0.392 e. The lowest BCUT2D eigenvalue weighted by molar-refractivity contribution is 0.170. The van der Waals surface area contributed by atoms with E-state index >= 15 is 0 Å². The fourth-order valence-electron chi connectivity index (χ4n) is 1.96. The average molecular weight is 226 g/mol. The number of rotatable bonds is 4. The average Bonchev–Trinajstić information content (AvgIpc) is 2.87. The summed E-state index contributed by atoms with van der Waals surface area (Å²) in [5.74, 6) is 1.20. The fraction of sp³-hybridized carbons (Fsp3) is 0.727. The minimum atomic E-state index is -0.202. The van der Waals surface area contributed by atoms with Gasteiger partial charge in [0, 0.05) is 24.4 Å². The van der Waals surface area contributed by atoms with Gasteiger partial charge in [0.25, 0.3) is 0 Å². The van der Waals surface area contributed by atoms with Crippen LogP contribution in [0, 0.1) is 0 Å². The lowest BCUT2D eigenvalue weighted by atomic mass is 10.1. The Morgan fingerprint density at radius 1 is 1.73 bits per heavy atom. The first-order valence-corrected chi connectivity index (χ1v) is 6.65. The molecule has 0 saturated carbocycles. The predicted molar refractivity (Wildman–Crippen MR) is 63.1 cm³/mol. The maximum absolute atomic E-state index is 10.0. The maximum Gasteiger partial charge on any atom is 0.0700 e. The lowest BCUT2D eigenvalue weighted by Crippen LogP contribution is -2.22. The molecule has 1 N–H and O–H groups in total. The Bertz CT molecular complexity index is 307. The van der Waals surface area contributed by atoms with E-state index in [0.717, 1.165) is 24.9 Å². The Morgan fingerprint density at radius 3 is 3.20 bits per heavy atom. The van der Waals surface area contributed by atoms with Crippen molar-refractivity contribution < 1.29 is 5.11 Å². The van der Waals surface area contributed by atoms with Crippen LogP contribution in [0.3, 0.4) is 0 Å². The zero-order valence-corrected chi connectivity index (χ0v) is 9.91. The molecule has 2 unspecified atom stereocenters. The molecule has 1 aromatic heterocycles. The van der Waals surface area contributed by atoms with Gasteiger partial charge in [0.15, 0.2) is 0 Å². The summed E-state index contributed by atoms with van der Waals surface area (Å²) in [6, 6.07) is 0. The summed E-state index contributed by atoms with van der Waals surface area (Å²) in [5, 5.41) is 14.7. The molecule has 0 bridgehead atoms. The van der Waals surface area contributed by atoms with Gasteiger partial charge in [-0.1, -0.05) is 0 Å². The van der Waals surface area contributed by atoms with Crippen LogP contribution in [-0.2, 0) is 13.0 Å². The summed E-state index contributed by atoms with van der Waals surface area (Å²) in [5.41, 5.74) is 1.15. The highest BCUT2D eigenvalue weighted by Gasteiger charge is 2.24. The highest BCUT2D eigenvalue weighted by atomic mass is 32.2. The van der Waals surface area contributed by atoms with Crippen LogP contribution in [0.4, 0.5) is 0 Å². The molecule has 0 spiro atoms. The van der Waals surface area contributed by atoms with E-state index < -0.39 is 0 Å². The van der Waals surface area contributed by atoms with Gasteiger partial charge in [-0.2, -0.15) is 16.9 Å². The largest absolute Gasteiger partial charge is 0.392 e. The van der Waals surface area contributed by atoms with Gasteiger partial charge >= 0.3 is 0 Å². The van der Waals surface area contributed by atoms with Gasteiger partial charge in [0.1, 0.15) is 0 Å². The van der Waals surface area contributed by atoms with Crippen molar-refractivity contribution in [3.63, 3.8) is 0 Å². The molecule has 15 heavy (non-hydrogen) atoms. The van der Waals surface area contributed by atoms with E-state index in [4.69, 9.17) is 0 Å². The number of hydrogen-bond donors (Lipinski definition) is 1. The number of thioether (sulfide) groups is 1. The quantitative estimate of drug-likeness (QED) is 0.849. The van der Waals surface area contributed by atoms with Crippen LogP contribution in [0.5, 0.6) is 0 Å². The lowest BCUT2D eigenvalue weighted by Gasteiger charge is -2.15. The van der Waals surface area contributed by atoms with E-state index in [1.807, 2.05) is 28.8 Å². The van der Waals surface area contributed by atoms with Crippen LogP contribution in [0.15, 0.2) is 12.4 Å². The highest BCUT2D eigenvalue weighted by Crippen LogP contribution is 2.29. The first kappa shape index (κ1) is 11.0. The third kappa shape index (κ3) is 2.75. The van der Waals surface area contributed by atoms with Crippen LogP contribution < -0.4 is 0 Å². The Hall–Kier alpha value is -0.480. The summed E-state index contributed by atoms with van der Waals surface area (Å²) in [7, 11) is 0. The molecule has 4 heteroatoms. The van der Waals surface area contributed by atoms with Gasteiger partial charge in [-0.25, -0.2) is 0 Å². The Morgan fingerprint density at radius 2 is 2.60 bits per heavy atom. The zero-order valence-electron chi connectivity index (χ0n) is 9.09. The second kappa shape index (κ2) is 5.03. The number of aryl methyl sites for hydroxylation is 1. The van der Waals surface area contributed by atoms with Gasteiger partial charge in [0.2, 0.25) is 0 Å². The van der Waals surface area contributed by atoms with E-state index in [1.165, 1.54) is 12.2 Å². The van der Waals surface area contributed by atoms with Crippen molar-refractivity contribution in [1.29, 1.82) is 0 Å². The van der Waals surface area contributed by atoms with Crippen LogP contribution in [-0.4, -0.2) is 32.0 Å². The Balaban J connectivity index is 1.89. The van der Waals surface area contributed by atoms with Crippen molar-refractivity contribution in [3.8, 4) is 0 Å². The fourth-order valence-corrected chi connectivity index (χ4v) is 3.25. The van der Waals surface area contributed by atoms with Crippen molar-refractivity contribution in [2.45, 2.75) is 44.1 Å². The van der Waals surface area contributed by atoms with Crippen molar-refractivity contribution in [3.05, 3.63) is 18.0 Å². The molecule has 0 radical (unpaired) electrons. The van der Waals surface area contributed by atoms with Gasteiger partial charge in [-0.15, -0.1) is 0 Å². The first-order chi connectivity index (χ1) is 7.29. The second-order valence-corrected chi connectivity index (χ2v) is 5.37. The molecule has 3 nitrogen and oxygen atoms in total. The molecule has 84 valence electrons. The van der Waals surface area contributed by atoms with Crippen LogP contribution in [0.2, 0.25) is 0 Å². The van der Waals surface area contributed by atoms with Crippen molar-refractivity contribution >= 4 is 11.8 Å². The summed E-state index contributed by atoms with van der Waals surface area (Å²) >= 11 is 1.91. The standard InChI is InChI=1S/C11H18N2OS/c1-2-13-8-9(7-12-13)6-10(14)11-4-3-5-15-11/h7-8,10-11,14H,2-6H2,1H3. The third-order valence-corrected chi connectivity index (χ3v) is 4.35. The summed E-state index contributed by atoms with van der Waals surface area (Å²) < 4.78 is 1.91. The molecule has 1 aliphatic heterocycles. The topological polar surface area (TPSA) is 38.0 Å². The van der Waals surface area contributed by atoms with E-state index in [2.05, 4.69) is 12.0 Å². The molecule has 0 amide bonds. The van der Waals surface area contributed by atoms with Gasteiger partial charge < -0.3 is 5.11 Å². The molecule has 1 saturated heterocycles. The van der Waals surface area contributed by atoms with E-state index in [0.29, 0.717) is 5.25 Å². The van der Waals surface area contributed by atoms with Gasteiger partial charge in [0.05, 0.1) is 12.3 Å². The maximum atomic E-state index is 10.0. The molecular formula is C11H18N2OS. The number of nitrogens with zero attached hydrogens (tertiary/aromatic N) is 2. The van der Waals surface area contributed by atoms with Crippen LogP contribution in [0.25, 0.3) is 0 Å². The molecular weight excluding hydrogens is 208 g/mol. The summed E-state index contributed by atoms with van der Waals surface area (Å²) in [6.45, 7) is 2.97. The predicted octanol–water partition coefficient (Wildman–Crippen LogP) is 1.70. The molecule has 0 aliphatic carbocycles. The van der Waals surface area contributed by atoms with Gasteiger partial charge in [-0.05, 0) is 31.1 Å². The zero-order chi connectivity index (χ0) is 10.7. The monoisotopic (exact) mass is 226 g/mol. The SMILES string of the molecule is CCn1cc(CC(O)C2CCCS2)cn1. The molecule has 2 atom stereocenters. The minimum absolute atomic E-state index is 0.202. The van der Waals surface area contributed by atoms with E-state index in [-0.39, 0.29) is 6.10 Å². The first-order valence-electron chi connectivity index (χ1n) is 5.60. The second-order valence-electron chi connectivity index (χ2n) is 4.03. The smallest absolute Gasteiger partial charge is 0.0700 e. The molecule has 1 aliphatic rings.